The molecule has 0 aliphatic carbocycles. The number of benzene rings is 1. The lowest BCUT2D eigenvalue weighted by Crippen LogP contribution is -2.42. The molecule has 0 saturated carbocycles. The highest BCUT2D eigenvalue weighted by molar-refractivity contribution is 6.35. The van der Waals surface area contributed by atoms with Crippen molar-refractivity contribution < 1.29 is 9.59 Å². The molecule has 1 heterocycles. The second kappa shape index (κ2) is 7.84. The summed E-state index contributed by atoms with van der Waals surface area (Å²) in [7, 11) is 0. The SMILES string of the molecule is CC(=O)N(CC(=O)N1CCCCCC1)c1cc(Cl)ccc1Cl. The summed E-state index contributed by atoms with van der Waals surface area (Å²) in [5, 5.41) is 0.885. The Balaban J connectivity index is 2.16. The van der Waals surface area contributed by atoms with Gasteiger partial charge in [-0.1, -0.05) is 36.0 Å². The fourth-order valence-corrected chi connectivity index (χ4v) is 3.00. The van der Waals surface area contributed by atoms with Crippen LogP contribution in [0.5, 0.6) is 0 Å². The van der Waals surface area contributed by atoms with E-state index in [1.807, 2.05) is 4.90 Å². The van der Waals surface area contributed by atoms with Crippen molar-refractivity contribution in [1.82, 2.24) is 4.90 Å². The molecule has 0 radical (unpaired) electrons. The average Bonchev–Trinajstić information content (AvgIpc) is 2.76. The average molecular weight is 343 g/mol. The smallest absolute Gasteiger partial charge is 0.242 e. The van der Waals surface area contributed by atoms with Crippen LogP contribution in [0.25, 0.3) is 0 Å². The molecule has 2 amide bonds. The predicted octanol–water partition coefficient (Wildman–Crippen LogP) is 3.75. The molecule has 0 unspecified atom stereocenters. The zero-order valence-electron chi connectivity index (χ0n) is 12.6. The molecule has 1 aromatic carbocycles. The Labute approximate surface area is 141 Å². The third kappa shape index (κ3) is 4.37. The van der Waals surface area contributed by atoms with Gasteiger partial charge in [-0.25, -0.2) is 0 Å². The number of carbonyl (C=O) groups excluding carboxylic acids is 2. The molecule has 6 heteroatoms. The van der Waals surface area contributed by atoms with Gasteiger partial charge >= 0.3 is 0 Å². The van der Waals surface area contributed by atoms with Crippen molar-refractivity contribution in [3.8, 4) is 0 Å². The van der Waals surface area contributed by atoms with Crippen LogP contribution in [0.15, 0.2) is 18.2 Å². The molecule has 1 aromatic rings. The van der Waals surface area contributed by atoms with E-state index in [1.165, 1.54) is 11.8 Å². The number of amides is 2. The highest BCUT2D eigenvalue weighted by Crippen LogP contribution is 2.29. The van der Waals surface area contributed by atoms with Crippen LogP contribution >= 0.6 is 23.2 Å². The molecule has 22 heavy (non-hydrogen) atoms. The lowest BCUT2D eigenvalue weighted by molar-refractivity contribution is -0.131. The summed E-state index contributed by atoms with van der Waals surface area (Å²) < 4.78 is 0. The van der Waals surface area contributed by atoms with E-state index in [0.717, 1.165) is 38.8 Å². The van der Waals surface area contributed by atoms with E-state index in [2.05, 4.69) is 0 Å². The van der Waals surface area contributed by atoms with Crippen molar-refractivity contribution in [2.75, 3.05) is 24.5 Å². The molecule has 1 fully saturated rings. The maximum Gasteiger partial charge on any atom is 0.242 e. The summed E-state index contributed by atoms with van der Waals surface area (Å²) in [5.74, 6) is -0.277. The van der Waals surface area contributed by atoms with E-state index in [1.54, 1.807) is 18.2 Å². The number of anilines is 1. The van der Waals surface area contributed by atoms with Crippen molar-refractivity contribution in [3.63, 3.8) is 0 Å². The summed E-state index contributed by atoms with van der Waals surface area (Å²) in [6, 6.07) is 4.90. The molecule has 0 spiro atoms. The first-order valence-electron chi connectivity index (χ1n) is 7.50. The fraction of sp³-hybridized carbons (Fsp3) is 0.500. The van der Waals surface area contributed by atoms with Crippen molar-refractivity contribution in [3.05, 3.63) is 28.2 Å². The van der Waals surface area contributed by atoms with Gasteiger partial charge in [0.15, 0.2) is 0 Å². The Hall–Kier alpha value is -1.26. The summed E-state index contributed by atoms with van der Waals surface area (Å²) in [6.45, 7) is 2.93. The van der Waals surface area contributed by atoms with Gasteiger partial charge in [0.2, 0.25) is 11.8 Å². The first kappa shape index (κ1) is 17.1. The fourth-order valence-electron chi connectivity index (χ4n) is 2.61. The highest BCUT2D eigenvalue weighted by Gasteiger charge is 2.22. The van der Waals surface area contributed by atoms with Crippen LogP contribution in [0.1, 0.15) is 32.6 Å². The molecule has 1 aliphatic rings. The summed E-state index contributed by atoms with van der Waals surface area (Å²) in [4.78, 5) is 27.7. The number of rotatable bonds is 3. The molecule has 120 valence electrons. The normalized spacial score (nSPS) is 15.3. The van der Waals surface area contributed by atoms with Crippen molar-refractivity contribution in [2.24, 2.45) is 0 Å². The minimum Gasteiger partial charge on any atom is -0.341 e. The van der Waals surface area contributed by atoms with Gasteiger partial charge < -0.3 is 9.80 Å². The minimum absolute atomic E-state index is 0.00457. The summed E-state index contributed by atoms with van der Waals surface area (Å²) in [5.41, 5.74) is 0.477. The van der Waals surface area contributed by atoms with Gasteiger partial charge in [-0.3, -0.25) is 9.59 Å². The van der Waals surface area contributed by atoms with E-state index in [9.17, 15) is 9.59 Å². The molecule has 2 rings (SSSR count). The van der Waals surface area contributed by atoms with Gasteiger partial charge in [0.05, 0.1) is 10.7 Å². The van der Waals surface area contributed by atoms with Crippen LogP contribution in [0.4, 0.5) is 5.69 Å². The van der Waals surface area contributed by atoms with Gasteiger partial charge in [-0.2, -0.15) is 0 Å². The van der Waals surface area contributed by atoms with Crippen molar-refractivity contribution in [1.29, 1.82) is 0 Å². The molecule has 0 bridgehead atoms. The summed E-state index contributed by atoms with van der Waals surface area (Å²) in [6.07, 6.45) is 4.34. The molecule has 0 atom stereocenters. The number of nitrogens with zero attached hydrogens (tertiary/aromatic N) is 2. The van der Waals surface area contributed by atoms with Gasteiger partial charge in [0.1, 0.15) is 6.54 Å². The zero-order valence-corrected chi connectivity index (χ0v) is 14.2. The van der Waals surface area contributed by atoms with Gasteiger partial charge in [-0.15, -0.1) is 0 Å². The van der Waals surface area contributed by atoms with Crippen LogP contribution in [-0.2, 0) is 9.59 Å². The second-order valence-electron chi connectivity index (χ2n) is 5.50. The lowest BCUT2D eigenvalue weighted by Gasteiger charge is -2.26. The second-order valence-corrected chi connectivity index (χ2v) is 6.34. The maximum atomic E-state index is 12.5. The Bertz CT molecular complexity index is 555. The predicted molar refractivity (Wildman–Crippen MR) is 89.5 cm³/mol. The molecule has 4 nitrogen and oxygen atoms in total. The Morgan fingerprint density at radius 1 is 1.14 bits per heavy atom. The first-order valence-corrected chi connectivity index (χ1v) is 8.25. The van der Waals surface area contributed by atoms with Crippen molar-refractivity contribution in [2.45, 2.75) is 32.6 Å². The Kier molecular flexibility index (Phi) is 6.09. The van der Waals surface area contributed by atoms with Crippen LogP contribution < -0.4 is 4.90 Å². The van der Waals surface area contributed by atoms with Gasteiger partial charge in [0, 0.05) is 25.0 Å². The summed E-state index contributed by atoms with van der Waals surface area (Å²) >= 11 is 12.1. The van der Waals surface area contributed by atoms with Crippen LogP contribution in [0.3, 0.4) is 0 Å². The van der Waals surface area contributed by atoms with E-state index in [4.69, 9.17) is 23.2 Å². The van der Waals surface area contributed by atoms with E-state index in [-0.39, 0.29) is 18.4 Å². The standard InChI is InChI=1S/C16H20Cl2N2O2/c1-12(21)20(15-10-13(17)6-7-14(15)18)11-16(22)19-8-4-2-3-5-9-19/h6-7,10H,2-5,8-9,11H2,1H3. The van der Waals surface area contributed by atoms with Crippen LogP contribution in [0, 0.1) is 0 Å². The van der Waals surface area contributed by atoms with E-state index >= 15 is 0 Å². The number of halogens is 2. The van der Waals surface area contributed by atoms with Crippen LogP contribution in [-0.4, -0.2) is 36.3 Å². The van der Waals surface area contributed by atoms with Crippen molar-refractivity contribution >= 4 is 40.7 Å². The largest absolute Gasteiger partial charge is 0.341 e. The molecule has 1 saturated heterocycles. The maximum absolute atomic E-state index is 12.5. The molecule has 0 N–H and O–H groups in total. The number of carbonyl (C=O) groups is 2. The molecule has 1 aliphatic heterocycles. The minimum atomic E-state index is -0.229. The zero-order chi connectivity index (χ0) is 16.1. The quantitative estimate of drug-likeness (QED) is 0.839. The highest BCUT2D eigenvalue weighted by atomic mass is 35.5. The van der Waals surface area contributed by atoms with E-state index < -0.39 is 0 Å². The number of hydrogen-bond donors (Lipinski definition) is 0. The molecular formula is C16H20Cl2N2O2. The lowest BCUT2D eigenvalue weighted by atomic mass is 10.2. The third-order valence-electron chi connectivity index (χ3n) is 3.83. The van der Waals surface area contributed by atoms with Crippen LogP contribution in [0.2, 0.25) is 10.0 Å². The number of hydrogen-bond acceptors (Lipinski definition) is 2. The Morgan fingerprint density at radius 3 is 2.36 bits per heavy atom. The monoisotopic (exact) mass is 342 g/mol. The van der Waals surface area contributed by atoms with Gasteiger partial charge in [0.25, 0.3) is 0 Å². The Morgan fingerprint density at radius 2 is 1.77 bits per heavy atom. The molecular weight excluding hydrogens is 323 g/mol. The first-order chi connectivity index (χ1) is 10.5. The number of likely N-dealkylation sites (tertiary alicyclic amines) is 1. The topological polar surface area (TPSA) is 40.6 Å². The van der Waals surface area contributed by atoms with E-state index in [0.29, 0.717) is 15.7 Å². The molecule has 0 aromatic heterocycles. The van der Waals surface area contributed by atoms with Gasteiger partial charge in [-0.05, 0) is 31.0 Å². The third-order valence-corrected chi connectivity index (χ3v) is 4.39.